The van der Waals surface area contributed by atoms with E-state index in [2.05, 4.69) is 20.9 Å². The first kappa shape index (κ1) is 14.9. The summed E-state index contributed by atoms with van der Waals surface area (Å²) >= 11 is 0. The highest BCUT2D eigenvalue weighted by atomic mass is 16.6. The minimum atomic E-state index is -0.390. The largest absolute Gasteiger partial charge is 0.662 e. The number of nitrogens with zero attached hydrogens (tertiary/aromatic N) is 1. The van der Waals surface area contributed by atoms with Crippen LogP contribution >= 0.6 is 0 Å². The predicted molar refractivity (Wildman–Crippen MR) is 76.3 cm³/mol. The summed E-state index contributed by atoms with van der Waals surface area (Å²) in [5.41, 5.74) is 0.389. The summed E-state index contributed by atoms with van der Waals surface area (Å²) in [7, 11) is 4.97. The molecular formula is C15H23BNO4. The van der Waals surface area contributed by atoms with Gasteiger partial charge in [-0.1, -0.05) is 13.8 Å². The molecule has 3 saturated carbocycles. The lowest BCUT2D eigenvalue weighted by Crippen LogP contribution is -2.59. The third kappa shape index (κ3) is 2.70. The first-order valence-corrected chi connectivity index (χ1v) is 7.71. The third-order valence-electron chi connectivity index (χ3n) is 5.91. The van der Waals surface area contributed by atoms with E-state index >= 15 is 0 Å². The highest BCUT2D eigenvalue weighted by Crippen LogP contribution is 2.61. The molecule has 21 heavy (non-hydrogen) atoms. The Morgan fingerprint density at radius 2 is 1.86 bits per heavy atom. The van der Waals surface area contributed by atoms with Gasteiger partial charge >= 0.3 is 19.6 Å². The Hall–Kier alpha value is -1.04. The standard InChI is InChI=1S/C15H23BNO4/c1-15(2)11-5-4-10(12(15)6-11)7-17(3)8-13(18)20-16-21-14(19)9-17/h10-12H,3-9H2,1-2H3/t10-,11-,12-/m1/s1. The van der Waals surface area contributed by atoms with Gasteiger partial charge in [-0.15, -0.1) is 7.05 Å². The predicted octanol–water partition coefficient (Wildman–Crippen LogP) is 1.30. The van der Waals surface area contributed by atoms with Crippen molar-refractivity contribution in [2.24, 2.45) is 23.2 Å². The molecule has 0 spiro atoms. The molecule has 3 atom stereocenters. The van der Waals surface area contributed by atoms with Gasteiger partial charge in [0.2, 0.25) is 0 Å². The van der Waals surface area contributed by atoms with Crippen LogP contribution in [0.25, 0.3) is 0 Å². The fourth-order valence-corrected chi connectivity index (χ4v) is 4.62. The van der Waals surface area contributed by atoms with Crippen LogP contribution in [0.3, 0.4) is 0 Å². The lowest BCUT2D eigenvalue weighted by molar-refractivity contribution is -0.876. The Balaban J connectivity index is 1.71. The molecule has 115 valence electrons. The molecule has 0 aromatic carbocycles. The number of carbonyl (C=O) groups excluding carboxylic acids is 2. The first-order valence-electron chi connectivity index (χ1n) is 7.71. The Labute approximate surface area is 126 Å². The first-order chi connectivity index (χ1) is 9.80. The smallest absolute Gasteiger partial charge is 0.495 e. The zero-order chi connectivity index (χ0) is 15.3. The van der Waals surface area contributed by atoms with Gasteiger partial charge in [-0.2, -0.15) is 0 Å². The molecule has 0 aromatic rings. The van der Waals surface area contributed by atoms with Gasteiger partial charge < -0.3 is 13.8 Å². The molecule has 0 amide bonds. The Kier molecular flexibility index (Phi) is 3.55. The van der Waals surface area contributed by atoms with Crippen molar-refractivity contribution in [2.45, 2.75) is 33.1 Å². The maximum Gasteiger partial charge on any atom is 0.662 e. The summed E-state index contributed by atoms with van der Waals surface area (Å²) in [5.74, 6) is 1.26. The molecule has 4 fully saturated rings. The van der Waals surface area contributed by atoms with Crippen LogP contribution in [-0.4, -0.2) is 43.7 Å². The quantitative estimate of drug-likeness (QED) is 0.437. The summed E-state index contributed by atoms with van der Waals surface area (Å²) in [6.07, 6.45) is 3.70. The van der Waals surface area contributed by atoms with Crippen LogP contribution in [-0.2, 0) is 18.9 Å². The van der Waals surface area contributed by atoms with Crippen LogP contribution in [0.15, 0.2) is 0 Å². The van der Waals surface area contributed by atoms with Crippen LogP contribution in [0.2, 0.25) is 0 Å². The SMILES string of the molecule is [CH2-][N+]1(C[C@H]2CC[C@@H]3C[C@H]2C3(C)C)CC(=O)O[B]OC(=O)C1. The number of hydrogen-bond donors (Lipinski definition) is 0. The van der Waals surface area contributed by atoms with Gasteiger partial charge in [0.25, 0.3) is 0 Å². The van der Waals surface area contributed by atoms with E-state index in [9.17, 15) is 9.59 Å². The van der Waals surface area contributed by atoms with Crippen molar-refractivity contribution in [3.8, 4) is 0 Å². The van der Waals surface area contributed by atoms with Gasteiger partial charge in [-0.3, -0.25) is 0 Å². The van der Waals surface area contributed by atoms with E-state index in [4.69, 9.17) is 9.31 Å². The van der Waals surface area contributed by atoms with Crippen molar-refractivity contribution in [2.75, 3.05) is 19.6 Å². The summed E-state index contributed by atoms with van der Waals surface area (Å²) in [6.45, 7) is 5.68. The van der Waals surface area contributed by atoms with Crippen LogP contribution in [0.1, 0.15) is 33.1 Å². The molecule has 3 aliphatic carbocycles. The van der Waals surface area contributed by atoms with Crippen molar-refractivity contribution >= 4 is 19.6 Å². The minimum Gasteiger partial charge on any atom is -0.495 e. The number of fused-ring (bicyclic) bond motifs is 2. The molecule has 0 aromatic heterocycles. The van der Waals surface area contributed by atoms with Crippen molar-refractivity contribution < 1.29 is 23.4 Å². The molecule has 0 unspecified atom stereocenters. The summed E-state index contributed by atoms with van der Waals surface area (Å²) < 4.78 is 9.65. The molecule has 6 heteroatoms. The van der Waals surface area contributed by atoms with E-state index in [1.165, 1.54) is 19.3 Å². The fourth-order valence-electron chi connectivity index (χ4n) is 4.62. The zero-order valence-electron chi connectivity index (χ0n) is 12.8. The van der Waals surface area contributed by atoms with E-state index in [1.54, 1.807) is 0 Å². The van der Waals surface area contributed by atoms with Crippen molar-refractivity contribution in [3.05, 3.63) is 7.05 Å². The molecular weight excluding hydrogens is 269 g/mol. The van der Waals surface area contributed by atoms with Crippen LogP contribution in [0, 0.1) is 30.2 Å². The molecule has 4 aliphatic rings. The van der Waals surface area contributed by atoms with Gasteiger partial charge in [-0.25, -0.2) is 9.59 Å². The van der Waals surface area contributed by atoms with E-state index in [1.807, 2.05) is 0 Å². The molecule has 0 N–H and O–H groups in total. The Bertz CT molecular complexity index is 445. The maximum absolute atomic E-state index is 11.7. The number of hydrogen-bond acceptors (Lipinski definition) is 4. The van der Waals surface area contributed by atoms with Gasteiger partial charge in [0.15, 0.2) is 13.1 Å². The van der Waals surface area contributed by atoms with Gasteiger partial charge in [0, 0.05) is 5.92 Å². The molecule has 1 saturated heterocycles. The number of carbonyl (C=O) groups is 2. The lowest BCUT2D eigenvalue weighted by Gasteiger charge is -2.61. The normalized spacial score (nSPS) is 37.2. The highest BCUT2D eigenvalue weighted by Gasteiger charge is 2.55. The fraction of sp³-hybridized carbons (Fsp3) is 0.800. The van der Waals surface area contributed by atoms with E-state index in [0.717, 1.165) is 20.1 Å². The molecule has 1 heterocycles. The van der Waals surface area contributed by atoms with Crippen LogP contribution < -0.4 is 0 Å². The van der Waals surface area contributed by atoms with E-state index in [0.29, 0.717) is 17.3 Å². The maximum atomic E-state index is 11.7. The minimum absolute atomic E-state index is 0.124. The topological polar surface area (TPSA) is 52.6 Å². The molecule has 2 bridgehead atoms. The monoisotopic (exact) mass is 292 g/mol. The van der Waals surface area contributed by atoms with E-state index < -0.39 is 0 Å². The average molecular weight is 292 g/mol. The molecule has 4 rings (SSSR count). The second-order valence-electron chi connectivity index (χ2n) is 7.61. The summed E-state index contributed by atoms with van der Waals surface area (Å²) in [4.78, 5) is 23.4. The van der Waals surface area contributed by atoms with E-state index in [-0.39, 0.29) is 29.5 Å². The number of quaternary nitrogens is 1. The zero-order valence-corrected chi connectivity index (χ0v) is 12.8. The van der Waals surface area contributed by atoms with Gasteiger partial charge in [0.05, 0.1) is 6.54 Å². The number of rotatable bonds is 2. The highest BCUT2D eigenvalue weighted by molar-refractivity contribution is 6.26. The summed E-state index contributed by atoms with van der Waals surface area (Å²) in [5, 5.41) is 0. The Morgan fingerprint density at radius 3 is 2.38 bits per heavy atom. The van der Waals surface area contributed by atoms with Crippen LogP contribution in [0.5, 0.6) is 0 Å². The van der Waals surface area contributed by atoms with Crippen molar-refractivity contribution in [3.63, 3.8) is 0 Å². The Morgan fingerprint density at radius 1 is 1.24 bits per heavy atom. The van der Waals surface area contributed by atoms with Crippen molar-refractivity contribution in [1.29, 1.82) is 0 Å². The van der Waals surface area contributed by atoms with Crippen LogP contribution in [0.4, 0.5) is 0 Å². The average Bonchev–Trinajstić information content (AvgIpc) is 2.36. The molecule has 1 radical (unpaired) electrons. The van der Waals surface area contributed by atoms with Gasteiger partial charge in [-0.05, 0) is 36.5 Å². The van der Waals surface area contributed by atoms with Crippen molar-refractivity contribution in [1.82, 2.24) is 0 Å². The summed E-state index contributed by atoms with van der Waals surface area (Å²) in [6, 6.07) is 0. The molecule has 5 nitrogen and oxygen atoms in total. The lowest BCUT2D eigenvalue weighted by atomic mass is 9.45. The third-order valence-corrected chi connectivity index (χ3v) is 5.91. The second-order valence-corrected chi connectivity index (χ2v) is 7.61. The van der Waals surface area contributed by atoms with Gasteiger partial charge in [0.1, 0.15) is 0 Å². The molecule has 1 aliphatic heterocycles. The second kappa shape index (κ2) is 5.01.